The fourth-order valence-corrected chi connectivity index (χ4v) is 2.52. The number of rotatable bonds is 3. The lowest BCUT2D eigenvalue weighted by Crippen LogP contribution is -2.46. The van der Waals surface area contributed by atoms with Crippen molar-refractivity contribution in [3.8, 4) is 0 Å². The predicted molar refractivity (Wildman–Crippen MR) is 81.2 cm³/mol. The Morgan fingerprint density at radius 3 is 2.67 bits per heavy atom. The topological polar surface area (TPSA) is 54.3 Å². The van der Waals surface area contributed by atoms with E-state index in [1.54, 1.807) is 19.3 Å². The molecule has 0 amide bonds. The first-order valence-electron chi connectivity index (χ1n) is 7.13. The lowest BCUT2D eigenvalue weighted by Gasteiger charge is -2.35. The van der Waals surface area contributed by atoms with Gasteiger partial charge in [0.05, 0.1) is 17.6 Å². The smallest absolute Gasteiger partial charge is 0.268 e. The summed E-state index contributed by atoms with van der Waals surface area (Å²) in [5, 5.41) is 4.08. The quantitative estimate of drug-likeness (QED) is 0.822. The van der Waals surface area contributed by atoms with E-state index < -0.39 is 0 Å². The van der Waals surface area contributed by atoms with Crippen LogP contribution in [0.5, 0.6) is 0 Å². The number of piperazine rings is 1. The standard InChI is InChI=1S/C15H19N5O/c1-18-15(21)10-14(11-17-18)20-8-6-19(7-9-20)12-13-4-2-3-5-16-13/h2-5,10-11H,6-9,12H2,1H3. The zero-order chi connectivity index (χ0) is 14.7. The van der Waals surface area contributed by atoms with Gasteiger partial charge in [0.15, 0.2) is 0 Å². The molecule has 0 saturated carbocycles. The van der Waals surface area contributed by atoms with Crippen LogP contribution in [0.4, 0.5) is 5.69 Å². The van der Waals surface area contributed by atoms with E-state index in [2.05, 4.69) is 25.9 Å². The molecular formula is C15H19N5O. The zero-order valence-corrected chi connectivity index (χ0v) is 12.1. The molecule has 0 aromatic carbocycles. The molecule has 2 aromatic heterocycles. The van der Waals surface area contributed by atoms with Gasteiger partial charge in [-0.15, -0.1) is 0 Å². The molecular weight excluding hydrogens is 266 g/mol. The van der Waals surface area contributed by atoms with Crippen molar-refractivity contribution in [2.45, 2.75) is 6.54 Å². The summed E-state index contributed by atoms with van der Waals surface area (Å²) in [6.07, 6.45) is 3.59. The number of aryl methyl sites for hydroxylation is 1. The Labute approximate surface area is 123 Å². The Balaban J connectivity index is 1.60. The van der Waals surface area contributed by atoms with E-state index in [1.165, 1.54) is 4.68 Å². The van der Waals surface area contributed by atoms with Crippen LogP contribution in [0.2, 0.25) is 0 Å². The van der Waals surface area contributed by atoms with Gasteiger partial charge in [0.1, 0.15) is 0 Å². The minimum Gasteiger partial charge on any atom is -0.368 e. The van der Waals surface area contributed by atoms with Crippen LogP contribution in [0.25, 0.3) is 0 Å². The molecule has 1 aliphatic rings. The summed E-state index contributed by atoms with van der Waals surface area (Å²) in [5.74, 6) is 0. The van der Waals surface area contributed by atoms with Gasteiger partial charge in [-0.1, -0.05) is 6.07 Å². The molecule has 0 unspecified atom stereocenters. The van der Waals surface area contributed by atoms with Crippen molar-refractivity contribution in [2.75, 3.05) is 31.1 Å². The number of aromatic nitrogens is 3. The van der Waals surface area contributed by atoms with E-state index in [0.29, 0.717) is 0 Å². The summed E-state index contributed by atoms with van der Waals surface area (Å²) in [6, 6.07) is 7.66. The van der Waals surface area contributed by atoms with Gasteiger partial charge in [0.25, 0.3) is 5.56 Å². The number of pyridine rings is 1. The molecule has 6 nitrogen and oxygen atoms in total. The maximum atomic E-state index is 11.6. The summed E-state index contributed by atoms with van der Waals surface area (Å²) < 4.78 is 1.35. The summed E-state index contributed by atoms with van der Waals surface area (Å²) >= 11 is 0. The molecule has 6 heteroatoms. The normalized spacial score (nSPS) is 16.1. The van der Waals surface area contributed by atoms with E-state index in [9.17, 15) is 4.79 Å². The molecule has 1 fully saturated rings. The molecule has 0 aliphatic carbocycles. The zero-order valence-electron chi connectivity index (χ0n) is 12.1. The van der Waals surface area contributed by atoms with Gasteiger partial charge in [0, 0.05) is 52.0 Å². The van der Waals surface area contributed by atoms with E-state index in [1.807, 2.05) is 18.3 Å². The van der Waals surface area contributed by atoms with Crippen LogP contribution < -0.4 is 10.5 Å². The van der Waals surface area contributed by atoms with Crippen LogP contribution >= 0.6 is 0 Å². The number of hydrogen-bond donors (Lipinski definition) is 0. The van der Waals surface area contributed by atoms with Gasteiger partial charge >= 0.3 is 0 Å². The van der Waals surface area contributed by atoms with Gasteiger partial charge in [0.2, 0.25) is 0 Å². The van der Waals surface area contributed by atoms with E-state index >= 15 is 0 Å². The largest absolute Gasteiger partial charge is 0.368 e. The second kappa shape index (κ2) is 6.05. The van der Waals surface area contributed by atoms with Crippen molar-refractivity contribution in [2.24, 2.45) is 7.05 Å². The van der Waals surface area contributed by atoms with Crippen molar-refractivity contribution in [3.05, 3.63) is 52.7 Å². The summed E-state index contributed by atoms with van der Waals surface area (Å²) in [7, 11) is 1.66. The van der Waals surface area contributed by atoms with Gasteiger partial charge in [-0.05, 0) is 12.1 Å². The minimum absolute atomic E-state index is 0.0663. The number of nitrogens with zero attached hydrogens (tertiary/aromatic N) is 5. The first-order valence-corrected chi connectivity index (χ1v) is 7.13. The van der Waals surface area contributed by atoms with Crippen molar-refractivity contribution in [3.63, 3.8) is 0 Å². The van der Waals surface area contributed by atoms with Crippen LogP contribution in [-0.4, -0.2) is 45.8 Å². The van der Waals surface area contributed by atoms with E-state index in [4.69, 9.17) is 0 Å². The van der Waals surface area contributed by atoms with Crippen LogP contribution in [-0.2, 0) is 13.6 Å². The lowest BCUT2D eigenvalue weighted by atomic mass is 10.2. The Hall–Kier alpha value is -2.21. The van der Waals surface area contributed by atoms with Gasteiger partial charge in [-0.3, -0.25) is 14.7 Å². The van der Waals surface area contributed by atoms with Gasteiger partial charge in [-0.25, -0.2) is 4.68 Å². The molecule has 2 aromatic rings. The predicted octanol–water partition coefficient (Wildman–Crippen LogP) is 0.498. The summed E-state index contributed by atoms with van der Waals surface area (Å²) in [5.41, 5.74) is 1.94. The molecule has 110 valence electrons. The lowest BCUT2D eigenvalue weighted by molar-refractivity contribution is 0.247. The number of hydrogen-bond acceptors (Lipinski definition) is 5. The molecule has 3 heterocycles. The fourth-order valence-electron chi connectivity index (χ4n) is 2.52. The monoisotopic (exact) mass is 285 g/mol. The van der Waals surface area contributed by atoms with Crippen LogP contribution in [0.15, 0.2) is 41.5 Å². The Kier molecular flexibility index (Phi) is 3.96. The molecule has 21 heavy (non-hydrogen) atoms. The molecule has 1 aliphatic heterocycles. The van der Waals surface area contributed by atoms with Gasteiger partial charge in [-0.2, -0.15) is 5.10 Å². The molecule has 1 saturated heterocycles. The molecule has 0 atom stereocenters. The van der Waals surface area contributed by atoms with Crippen molar-refractivity contribution >= 4 is 5.69 Å². The Morgan fingerprint density at radius 2 is 2.00 bits per heavy atom. The summed E-state index contributed by atoms with van der Waals surface area (Å²) in [6.45, 7) is 4.62. The third kappa shape index (κ3) is 3.28. The highest BCUT2D eigenvalue weighted by Gasteiger charge is 2.18. The van der Waals surface area contributed by atoms with Crippen molar-refractivity contribution in [1.82, 2.24) is 19.7 Å². The first-order chi connectivity index (χ1) is 10.2. The van der Waals surface area contributed by atoms with Crippen molar-refractivity contribution in [1.29, 1.82) is 0 Å². The third-order valence-electron chi connectivity index (χ3n) is 3.80. The average molecular weight is 285 g/mol. The Bertz CT molecular complexity index is 647. The molecule has 0 radical (unpaired) electrons. The highest BCUT2D eigenvalue weighted by atomic mass is 16.1. The minimum atomic E-state index is -0.0663. The highest BCUT2D eigenvalue weighted by Crippen LogP contribution is 2.14. The Morgan fingerprint density at radius 1 is 1.19 bits per heavy atom. The van der Waals surface area contributed by atoms with Crippen LogP contribution in [0.3, 0.4) is 0 Å². The van der Waals surface area contributed by atoms with E-state index in [0.717, 1.165) is 44.1 Å². The second-order valence-electron chi connectivity index (χ2n) is 5.26. The molecule has 0 spiro atoms. The third-order valence-corrected chi connectivity index (χ3v) is 3.80. The average Bonchev–Trinajstić information content (AvgIpc) is 2.52. The molecule has 0 bridgehead atoms. The molecule has 0 N–H and O–H groups in total. The maximum Gasteiger partial charge on any atom is 0.268 e. The summed E-state index contributed by atoms with van der Waals surface area (Å²) in [4.78, 5) is 20.6. The van der Waals surface area contributed by atoms with E-state index in [-0.39, 0.29) is 5.56 Å². The van der Waals surface area contributed by atoms with Crippen LogP contribution in [0, 0.1) is 0 Å². The fraction of sp³-hybridized carbons (Fsp3) is 0.400. The maximum absolute atomic E-state index is 11.6. The molecule has 3 rings (SSSR count). The highest BCUT2D eigenvalue weighted by molar-refractivity contribution is 5.43. The SMILES string of the molecule is Cn1ncc(N2CCN(Cc3ccccn3)CC2)cc1=O. The van der Waals surface area contributed by atoms with Crippen molar-refractivity contribution < 1.29 is 0 Å². The van der Waals surface area contributed by atoms with Gasteiger partial charge < -0.3 is 4.90 Å². The van der Waals surface area contributed by atoms with Crippen LogP contribution in [0.1, 0.15) is 5.69 Å². The second-order valence-corrected chi connectivity index (χ2v) is 5.26. The number of anilines is 1. The first kappa shape index (κ1) is 13.8.